The molecule has 0 unspecified atom stereocenters. The molecule has 10 heteroatoms. The Morgan fingerprint density at radius 3 is 2.29 bits per heavy atom. The van der Waals surface area contributed by atoms with Crippen molar-refractivity contribution in [1.82, 2.24) is 5.43 Å². The lowest BCUT2D eigenvalue weighted by Crippen LogP contribution is -2.39. The molecule has 0 aromatic heterocycles. The molecule has 0 saturated heterocycles. The van der Waals surface area contributed by atoms with Gasteiger partial charge in [-0.05, 0) is 66.4 Å². The monoisotopic (exact) mass is 539 g/mol. The van der Waals surface area contributed by atoms with Crippen LogP contribution < -0.4 is 23.9 Å². The van der Waals surface area contributed by atoms with Crippen molar-refractivity contribution in [2.45, 2.75) is 25.2 Å². The summed E-state index contributed by atoms with van der Waals surface area (Å²) in [5, 5.41) is 3.98. The van der Waals surface area contributed by atoms with Crippen LogP contribution in [0.5, 0.6) is 17.2 Å². The van der Waals surface area contributed by atoms with Gasteiger partial charge in [0, 0.05) is 6.07 Å². The summed E-state index contributed by atoms with van der Waals surface area (Å²) < 4.78 is 44.3. The summed E-state index contributed by atoms with van der Waals surface area (Å²) in [5.41, 5.74) is 3.48. The molecule has 0 heterocycles. The third-order valence-corrected chi connectivity index (χ3v) is 7.29. The van der Waals surface area contributed by atoms with Gasteiger partial charge in [-0.3, -0.25) is 9.10 Å². The van der Waals surface area contributed by atoms with E-state index in [-0.39, 0.29) is 10.6 Å². The highest BCUT2D eigenvalue weighted by Gasteiger charge is 2.28. The van der Waals surface area contributed by atoms with Gasteiger partial charge in [0.05, 0.1) is 37.6 Å². The fraction of sp³-hybridized carbons (Fsp3) is 0.286. The van der Waals surface area contributed by atoms with Crippen LogP contribution in [0.3, 0.4) is 0 Å². The number of rotatable bonds is 13. The van der Waals surface area contributed by atoms with Crippen molar-refractivity contribution in [2.75, 3.05) is 31.7 Å². The zero-order valence-electron chi connectivity index (χ0n) is 22.0. The average molecular weight is 540 g/mol. The number of nitrogens with zero attached hydrogens (tertiary/aromatic N) is 2. The molecule has 202 valence electrons. The second-order valence-corrected chi connectivity index (χ2v) is 10.6. The standard InChI is InChI=1S/C28H33N3O6S/c1-21(2)16-17-37-24-12-10-22(11-13-24)19-29-30-28(32)20-31(23-8-6-5-7-9-23)38(33,34)25-14-15-26(35-3)27(18-25)36-4/h5-15,18-19,21H,16-17,20H2,1-4H3,(H,30,32)/b29-19-. The van der Waals surface area contributed by atoms with E-state index < -0.39 is 22.5 Å². The molecule has 0 saturated carbocycles. The Bertz CT molecular complexity index is 1330. The number of anilines is 1. The smallest absolute Gasteiger partial charge is 0.264 e. The van der Waals surface area contributed by atoms with E-state index in [4.69, 9.17) is 14.2 Å². The minimum atomic E-state index is -4.13. The van der Waals surface area contributed by atoms with Crippen molar-refractivity contribution in [2.24, 2.45) is 11.0 Å². The van der Waals surface area contributed by atoms with E-state index in [1.165, 1.54) is 38.6 Å². The molecular formula is C28H33N3O6S. The summed E-state index contributed by atoms with van der Waals surface area (Å²) >= 11 is 0. The predicted octanol–water partition coefficient (Wildman–Crippen LogP) is 4.47. The van der Waals surface area contributed by atoms with Gasteiger partial charge in [-0.2, -0.15) is 5.10 Å². The van der Waals surface area contributed by atoms with Gasteiger partial charge in [-0.1, -0.05) is 32.0 Å². The Kier molecular flexibility index (Phi) is 10.1. The molecule has 0 radical (unpaired) electrons. The van der Waals surface area contributed by atoms with Crippen LogP contribution in [0.4, 0.5) is 5.69 Å². The van der Waals surface area contributed by atoms with Crippen molar-refractivity contribution < 1.29 is 27.4 Å². The normalized spacial score (nSPS) is 11.4. The Morgan fingerprint density at radius 1 is 0.974 bits per heavy atom. The van der Waals surface area contributed by atoms with Gasteiger partial charge >= 0.3 is 0 Å². The highest BCUT2D eigenvalue weighted by atomic mass is 32.2. The highest BCUT2D eigenvalue weighted by Crippen LogP contribution is 2.32. The number of para-hydroxylation sites is 1. The first-order chi connectivity index (χ1) is 18.2. The number of nitrogens with one attached hydrogen (secondary N) is 1. The first-order valence-corrected chi connectivity index (χ1v) is 13.5. The van der Waals surface area contributed by atoms with Gasteiger partial charge in [0.25, 0.3) is 15.9 Å². The van der Waals surface area contributed by atoms with Crippen LogP contribution in [0.1, 0.15) is 25.8 Å². The summed E-state index contributed by atoms with van der Waals surface area (Å²) in [6.45, 7) is 4.44. The summed E-state index contributed by atoms with van der Waals surface area (Å²) in [7, 11) is -1.25. The van der Waals surface area contributed by atoms with E-state index >= 15 is 0 Å². The van der Waals surface area contributed by atoms with Crippen LogP contribution in [0.15, 0.2) is 82.8 Å². The van der Waals surface area contributed by atoms with Crippen molar-refractivity contribution >= 4 is 27.8 Å². The van der Waals surface area contributed by atoms with Crippen LogP contribution in [0, 0.1) is 5.92 Å². The number of sulfonamides is 1. The SMILES string of the molecule is COc1ccc(S(=O)(=O)N(CC(=O)N/N=C\c2ccc(OCCC(C)C)cc2)c2ccccc2)cc1OC. The molecule has 38 heavy (non-hydrogen) atoms. The number of benzene rings is 3. The molecule has 1 N–H and O–H groups in total. The van der Waals surface area contributed by atoms with E-state index in [2.05, 4.69) is 24.4 Å². The molecule has 0 aliphatic heterocycles. The van der Waals surface area contributed by atoms with Gasteiger partial charge in [-0.15, -0.1) is 0 Å². The molecule has 3 aromatic carbocycles. The number of hydrazone groups is 1. The summed E-state index contributed by atoms with van der Waals surface area (Å²) in [5.74, 6) is 1.36. The van der Waals surface area contributed by atoms with Gasteiger partial charge in [-0.25, -0.2) is 13.8 Å². The number of hydrogen-bond donors (Lipinski definition) is 1. The largest absolute Gasteiger partial charge is 0.494 e. The van der Waals surface area contributed by atoms with E-state index in [1.54, 1.807) is 30.3 Å². The van der Waals surface area contributed by atoms with Gasteiger partial charge < -0.3 is 14.2 Å². The van der Waals surface area contributed by atoms with E-state index in [0.717, 1.165) is 22.0 Å². The number of methoxy groups -OCH3 is 2. The lowest BCUT2D eigenvalue weighted by atomic mass is 10.1. The minimum Gasteiger partial charge on any atom is -0.494 e. The number of hydrogen-bond acceptors (Lipinski definition) is 7. The quantitative estimate of drug-likeness (QED) is 0.254. The molecule has 0 bridgehead atoms. The predicted molar refractivity (Wildman–Crippen MR) is 148 cm³/mol. The molecular weight excluding hydrogens is 506 g/mol. The molecule has 0 spiro atoms. The van der Waals surface area contributed by atoms with Crippen LogP contribution in [0.2, 0.25) is 0 Å². The van der Waals surface area contributed by atoms with Crippen LogP contribution >= 0.6 is 0 Å². The van der Waals surface area contributed by atoms with Gasteiger partial charge in [0.15, 0.2) is 11.5 Å². The van der Waals surface area contributed by atoms with Gasteiger partial charge in [0.1, 0.15) is 12.3 Å². The molecule has 3 aromatic rings. The van der Waals surface area contributed by atoms with Crippen LogP contribution in [-0.4, -0.2) is 47.9 Å². The first-order valence-electron chi connectivity index (χ1n) is 12.1. The van der Waals surface area contributed by atoms with Crippen molar-refractivity contribution in [3.63, 3.8) is 0 Å². The van der Waals surface area contributed by atoms with Crippen LogP contribution in [-0.2, 0) is 14.8 Å². The maximum absolute atomic E-state index is 13.6. The van der Waals surface area contributed by atoms with Crippen molar-refractivity contribution in [3.8, 4) is 17.2 Å². The molecule has 0 aliphatic rings. The maximum atomic E-state index is 13.6. The van der Waals surface area contributed by atoms with Crippen molar-refractivity contribution in [1.29, 1.82) is 0 Å². The fourth-order valence-corrected chi connectivity index (χ4v) is 4.86. The topological polar surface area (TPSA) is 107 Å². The second kappa shape index (κ2) is 13.5. The molecule has 3 rings (SSSR count). The number of amides is 1. The third kappa shape index (κ3) is 7.72. The number of ether oxygens (including phenoxy) is 3. The summed E-state index contributed by atoms with van der Waals surface area (Å²) in [4.78, 5) is 12.7. The summed E-state index contributed by atoms with van der Waals surface area (Å²) in [6, 6.07) is 19.9. The van der Waals surface area contributed by atoms with E-state index in [9.17, 15) is 13.2 Å². The zero-order chi connectivity index (χ0) is 27.5. The first kappa shape index (κ1) is 28.5. The zero-order valence-corrected chi connectivity index (χ0v) is 22.8. The average Bonchev–Trinajstić information content (AvgIpc) is 2.92. The van der Waals surface area contributed by atoms with Crippen molar-refractivity contribution in [3.05, 3.63) is 78.4 Å². The molecule has 0 fully saturated rings. The number of carbonyl (C=O) groups is 1. The van der Waals surface area contributed by atoms with Gasteiger partial charge in [0.2, 0.25) is 0 Å². The summed E-state index contributed by atoms with van der Waals surface area (Å²) in [6.07, 6.45) is 2.45. The molecule has 9 nitrogen and oxygen atoms in total. The lowest BCUT2D eigenvalue weighted by Gasteiger charge is -2.24. The second-order valence-electron chi connectivity index (χ2n) is 8.76. The maximum Gasteiger partial charge on any atom is 0.264 e. The Balaban J connectivity index is 1.72. The van der Waals surface area contributed by atoms with E-state index in [0.29, 0.717) is 24.0 Å². The molecule has 0 atom stereocenters. The van der Waals surface area contributed by atoms with Crippen LogP contribution in [0.25, 0.3) is 0 Å². The number of carbonyl (C=O) groups excluding carboxylic acids is 1. The minimum absolute atomic E-state index is 0.0500. The Morgan fingerprint density at radius 2 is 1.66 bits per heavy atom. The fourth-order valence-electron chi connectivity index (χ4n) is 3.42. The molecule has 1 amide bonds. The Hall–Kier alpha value is -4.05. The highest BCUT2D eigenvalue weighted by molar-refractivity contribution is 7.92. The molecule has 0 aliphatic carbocycles. The Labute approximate surface area is 224 Å². The third-order valence-electron chi connectivity index (χ3n) is 5.52. The lowest BCUT2D eigenvalue weighted by molar-refractivity contribution is -0.119. The van der Waals surface area contributed by atoms with E-state index in [1.807, 2.05) is 24.3 Å².